The van der Waals surface area contributed by atoms with Crippen molar-refractivity contribution < 1.29 is 14.3 Å². The summed E-state index contributed by atoms with van der Waals surface area (Å²) in [5.74, 6) is -1.49. The van der Waals surface area contributed by atoms with Gasteiger partial charge < -0.3 is 9.64 Å². The number of Topliss-reactive ketones (excluding diaryl/α,β-unsaturated/α-hetero) is 1. The van der Waals surface area contributed by atoms with Crippen LogP contribution < -0.4 is 4.90 Å². The topological polar surface area (TPSA) is 46.6 Å². The fourth-order valence-electron chi connectivity index (χ4n) is 5.61. The van der Waals surface area contributed by atoms with Crippen LogP contribution in [0.4, 0.5) is 5.69 Å². The molecule has 5 aromatic rings. The van der Waals surface area contributed by atoms with Crippen LogP contribution in [0.15, 0.2) is 162 Å². The first-order valence-corrected chi connectivity index (χ1v) is 14.5. The SMILES string of the molecule is O=C1O[C@]2(c3ccccc3)SC(=C(c3ccccc3)c3ccccc3)N(c3ccccc3)C(c3ccccc3)=C2C1=O. The van der Waals surface area contributed by atoms with Gasteiger partial charge in [0.1, 0.15) is 0 Å². The summed E-state index contributed by atoms with van der Waals surface area (Å²) in [5, 5.41) is 0.840. The van der Waals surface area contributed by atoms with Crippen LogP contribution in [0.25, 0.3) is 11.3 Å². The predicted molar refractivity (Wildman–Crippen MR) is 168 cm³/mol. The Morgan fingerprint density at radius 2 is 1.07 bits per heavy atom. The van der Waals surface area contributed by atoms with Crippen molar-refractivity contribution >= 4 is 40.5 Å². The molecule has 0 amide bonds. The molecule has 0 spiro atoms. The van der Waals surface area contributed by atoms with Gasteiger partial charge in [-0.1, -0.05) is 140 Å². The van der Waals surface area contributed by atoms with E-state index in [-0.39, 0.29) is 0 Å². The molecule has 4 nitrogen and oxygen atoms in total. The summed E-state index contributed by atoms with van der Waals surface area (Å²) in [7, 11) is 0. The zero-order valence-corrected chi connectivity index (χ0v) is 23.3. The Balaban J connectivity index is 1.67. The summed E-state index contributed by atoms with van der Waals surface area (Å²) < 4.78 is 6.20. The van der Waals surface area contributed by atoms with E-state index in [2.05, 4.69) is 29.2 Å². The lowest BCUT2D eigenvalue weighted by Crippen LogP contribution is -2.37. The number of fused-ring (bicyclic) bond motifs is 1. The lowest BCUT2D eigenvalue weighted by molar-refractivity contribution is -0.150. The van der Waals surface area contributed by atoms with Crippen molar-refractivity contribution in [1.82, 2.24) is 0 Å². The molecule has 2 heterocycles. The molecule has 5 heteroatoms. The van der Waals surface area contributed by atoms with Crippen LogP contribution >= 0.6 is 11.8 Å². The molecule has 1 atom stereocenters. The zero-order valence-electron chi connectivity index (χ0n) is 22.5. The van der Waals surface area contributed by atoms with Crippen LogP contribution in [0.3, 0.4) is 0 Å². The van der Waals surface area contributed by atoms with E-state index in [1.807, 2.05) is 127 Å². The molecule has 2 aliphatic rings. The second kappa shape index (κ2) is 10.7. The highest BCUT2D eigenvalue weighted by molar-refractivity contribution is 8.04. The number of ketones is 1. The summed E-state index contributed by atoms with van der Waals surface area (Å²) >= 11 is 1.39. The van der Waals surface area contributed by atoms with Crippen LogP contribution in [0.1, 0.15) is 22.3 Å². The Hall–Kier alpha value is -5.13. The molecule has 0 bridgehead atoms. The fourth-order valence-corrected chi connectivity index (χ4v) is 7.17. The molecule has 0 N–H and O–H groups in total. The predicted octanol–water partition coefficient (Wildman–Crippen LogP) is 8.05. The molecule has 42 heavy (non-hydrogen) atoms. The summed E-state index contributed by atoms with van der Waals surface area (Å²) in [6, 6.07) is 49.7. The van der Waals surface area contributed by atoms with Crippen molar-refractivity contribution in [1.29, 1.82) is 0 Å². The molecule has 1 saturated heterocycles. The standard InChI is InChI=1S/C37H25NO3S/c39-34-32-33(28-20-10-3-11-21-28)38(30-24-14-5-15-25-30)35(42-37(32,41-36(34)40)29-22-12-4-13-23-29)31(26-16-6-1-7-17-26)27-18-8-2-9-19-27/h1-25H/t37-/m1/s1. The third-order valence-electron chi connectivity index (χ3n) is 7.44. The lowest BCUT2D eigenvalue weighted by Gasteiger charge is -2.43. The average Bonchev–Trinajstić information content (AvgIpc) is 3.32. The van der Waals surface area contributed by atoms with Crippen molar-refractivity contribution in [3.05, 3.63) is 185 Å². The van der Waals surface area contributed by atoms with Gasteiger partial charge in [0.05, 0.1) is 16.3 Å². The second-order valence-corrected chi connectivity index (χ2v) is 11.1. The molecule has 2 aliphatic heterocycles. The minimum atomic E-state index is -1.38. The molecule has 0 radical (unpaired) electrons. The molecule has 1 fully saturated rings. The number of esters is 1. The van der Waals surface area contributed by atoms with Crippen LogP contribution in [-0.2, 0) is 19.3 Å². The van der Waals surface area contributed by atoms with Crippen molar-refractivity contribution in [3.63, 3.8) is 0 Å². The molecule has 0 saturated carbocycles. The van der Waals surface area contributed by atoms with Gasteiger partial charge in [-0.3, -0.25) is 4.79 Å². The minimum Gasteiger partial charge on any atom is -0.432 e. The Labute approximate surface area is 248 Å². The molecular weight excluding hydrogens is 538 g/mol. The van der Waals surface area contributed by atoms with Crippen molar-refractivity contribution in [2.45, 2.75) is 4.93 Å². The number of anilines is 1. The molecule has 202 valence electrons. The van der Waals surface area contributed by atoms with Gasteiger partial charge in [-0.25, -0.2) is 4.79 Å². The van der Waals surface area contributed by atoms with Gasteiger partial charge in [-0.05, 0) is 40.6 Å². The van der Waals surface area contributed by atoms with E-state index >= 15 is 0 Å². The van der Waals surface area contributed by atoms with E-state index in [9.17, 15) is 9.59 Å². The first-order chi connectivity index (χ1) is 20.7. The first kappa shape index (κ1) is 25.8. The number of carbonyl (C=O) groups excluding carboxylic acids is 2. The van der Waals surface area contributed by atoms with Crippen LogP contribution in [0, 0.1) is 0 Å². The van der Waals surface area contributed by atoms with E-state index in [0.29, 0.717) is 11.3 Å². The van der Waals surface area contributed by atoms with Crippen LogP contribution in [-0.4, -0.2) is 11.8 Å². The maximum Gasteiger partial charge on any atom is 0.381 e. The third-order valence-corrected chi connectivity index (χ3v) is 8.83. The largest absolute Gasteiger partial charge is 0.432 e. The number of hydrogen-bond acceptors (Lipinski definition) is 5. The number of benzene rings is 5. The third kappa shape index (κ3) is 4.26. The maximum atomic E-state index is 13.9. The normalized spacial score (nSPS) is 18.1. The van der Waals surface area contributed by atoms with E-state index in [0.717, 1.165) is 38.5 Å². The summed E-state index contributed by atoms with van der Waals surface area (Å²) in [6.07, 6.45) is 0. The van der Waals surface area contributed by atoms with Gasteiger partial charge >= 0.3 is 5.97 Å². The number of hydrogen-bond donors (Lipinski definition) is 0. The van der Waals surface area contributed by atoms with Gasteiger partial charge in [0.25, 0.3) is 5.78 Å². The molecule has 0 aromatic heterocycles. The van der Waals surface area contributed by atoms with Crippen molar-refractivity contribution in [2.24, 2.45) is 0 Å². The highest BCUT2D eigenvalue weighted by Crippen LogP contribution is 2.61. The van der Waals surface area contributed by atoms with E-state index < -0.39 is 16.7 Å². The average molecular weight is 564 g/mol. The number of thioether (sulfide) groups is 1. The van der Waals surface area contributed by atoms with E-state index in [1.165, 1.54) is 11.8 Å². The van der Waals surface area contributed by atoms with Gasteiger partial charge in [-0.2, -0.15) is 0 Å². The molecule has 0 aliphatic carbocycles. The van der Waals surface area contributed by atoms with Crippen molar-refractivity contribution in [3.8, 4) is 0 Å². The van der Waals surface area contributed by atoms with Crippen molar-refractivity contribution in [2.75, 3.05) is 4.90 Å². The number of carbonyl (C=O) groups is 2. The molecular formula is C37H25NO3S. The highest BCUT2D eigenvalue weighted by atomic mass is 32.2. The fraction of sp³-hybridized carbons (Fsp3) is 0.0270. The van der Waals surface area contributed by atoms with E-state index in [1.54, 1.807) is 0 Å². The molecule has 7 rings (SSSR count). The summed E-state index contributed by atoms with van der Waals surface area (Å²) in [5.41, 5.74) is 6.31. The summed E-state index contributed by atoms with van der Waals surface area (Å²) in [4.78, 5) is 27.9. The molecule has 5 aromatic carbocycles. The van der Waals surface area contributed by atoms with Gasteiger partial charge in [0.15, 0.2) is 0 Å². The van der Waals surface area contributed by atoms with Gasteiger partial charge in [-0.15, -0.1) is 0 Å². The quantitative estimate of drug-likeness (QED) is 0.160. The van der Waals surface area contributed by atoms with Crippen LogP contribution in [0.5, 0.6) is 0 Å². The number of para-hydroxylation sites is 1. The number of rotatable bonds is 5. The maximum absolute atomic E-state index is 13.9. The highest BCUT2D eigenvalue weighted by Gasteiger charge is 2.59. The Morgan fingerprint density at radius 3 is 1.62 bits per heavy atom. The lowest BCUT2D eigenvalue weighted by atomic mass is 9.92. The first-order valence-electron chi connectivity index (χ1n) is 13.7. The zero-order chi connectivity index (χ0) is 28.5. The number of ether oxygens (including phenoxy) is 1. The van der Waals surface area contributed by atoms with E-state index in [4.69, 9.17) is 4.74 Å². The Bertz CT molecular complexity index is 1800. The van der Waals surface area contributed by atoms with Gasteiger partial charge in [0.2, 0.25) is 4.93 Å². The minimum absolute atomic E-state index is 0.322. The monoisotopic (exact) mass is 563 g/mol. The van der Waals surface area contributed by atoms with Gasteiger partial charge in [0, 0.05) is 16.8 Å². The number of nitrogens with zero attached hydrogens (tertiary/aromatic N) is 1. The molecule has 0 unspecified atom stereocenters. The van der Waals surface area contributed by atoms with Crippen LogP contribution in [0.2, 0.25) is 0 Å². The smallest absolute Gasteiger partial charge is 0.381 e. The Kier molecular flexibility index (Phi) is 6.57. The summed E-state index contributed by atoms with van der Waals surface area (Å²) in [6.45, 7) is 0. The second-order valence-electron chi connectivity index (χ2n) is 9.98. The Morgan fingerprint density at radius 1 is 0.595 bits per heavy atom.